The zero-order valence-corrected chi connectivity index (χ0v) is 15.4. The normalized spacial score (nSPS) is 12.4. The van der Waals surface area contributed by atoms with Crippen LogP contribution in [-0.4, -0.2) is 49.5 Å². The van der Waals surface area contributed by atoms with Gasteiger partial charge in [0, 0.05) is 18.6 Å². The molecule has 0 radical (unpaired) electrons. The molecule has 25 heavy (non-hydrogen) atoms. The van der Waals surface area contributed by atoms with Crippen LogP contribution in [0.3, 0.4) is 0 Å². The minimum absolute atomic E-state index is 0.00964. The molecule has 7 nitrogen and oxygen atoms in total. The molecule has 1 amide bonds. The molecular weight excluding hydrogens is 326 g/mol. The number of carboxylic acids is 1. The summed E-state index contributed by atoms with van der Waals surface area (Å²) >= 11 is 0. The minimum atomic E-state index is -1.09. The van der Waals surface area contributed by atoms with Crippen molar-refractivity contribution in [3.8, 4) is 11.5 Å². The number of hydrogen-bond acceptors (Lipinski definition) is 5. The summed E-state index contributed by atoms with van der Waals surface area (Å²) in [5.41, 5.74) is 0.260. The molecule has 1 aromatic carbocycles. The molecule has 0 saturated carbocycles. The van der Waals surface area contributed by atoms with E-state index in [1.54, 1.807) is 18.2 Å². The zero-order valence-electron chi connectivity index (χ0n) is 15.4. The van der Waals surface area contributed by atoms with Gasteiger partial charge >= 0.3 is 5.97 Å². The third-order valence-corrected chi connectivity index (χ3v) is 3.41. The van der Waals surface area contributed by atoms with Gasteiger partial charge in [-0.25, -0.2) is 4.79 Å². The van der Waals surface area contributed by atoms with Gasteiger partial charge in [0.05, 0.1) is 26.2 Å². The van der Waals surface area contributed by atoms with Crippen LogP contribution in [-0.2, 0) is 20.7 Å². The van der Waals surface area contributed by atoms with E-state index < -0.39 is 17.9 Å². The van der Waals surface area contributed by atoms with Gasteiger partial charge < -0.3 is 24.6 Å². The van der Waals surface area contributed by atoms with Crippen molar-refractivity contribution < 1.29 is 28.9 Å². The van der Waals surface area contributed by atoms with Crippen LogP contribution in [0, 0.1) is 0 Å². The lowest BCUT2D eigenvalue weighted by atomic mass is 10.1. The standard InChI is InChI=1S/C18H27NO6/c1-18(2,3)25-9-8-14(17(21)22)19-16(20)11-12-10-13(23-4)6-7-15(12)24-5/h6-7,10,14H,8-9,11H2,1-5H3,(H,19,20)(H,21,22). The van der Waals surface area contributed by atoms with E-state index in [0.29, 0.717) is 17.1 Å². The van der Waals surface area contributed by atoms with Crippen LogP contribution in [0.25, 0.3) is 0 Å². The average molecular weight is 353 g/mol. The topological polar surface area (TPSA) is 94.1 Å². The summed E-state index contributed by atoms with van der Waals surface area (Å²) in [6.07, 6.45) is 0.178. The summed E-state index contributed by atoms with van der Waals surface area (Å²) < 4.78 is 15.9. The molecule has 0 aromatic heterocycles. The van der Waals surface area contributed by atoms with Gasteiger partial charge in [-0.3, -0.25) is 4.79 Å². The number of methoxy groups -OCH3 is 2. The Morgan fingerprint density at radius 1 is 1.20 bits per heavy atom. The van der Waals surface area contributed by atoms with Gasteiger partial charge in [0.2, 0.25) is 5.91 Å². The van der Waals surface area contributed by atoms with Crippen molar-refractivity contribution in [1.82, 2.24) is 5.32 Å². The molecule has 1 rings (SSSR count). The number of carbonyl (C=O) groups is 2. The van der Waals surface area contributed by atoms with E-state index in [-0.39, 0.29) is 25.0 Å². The fourth-order valence-electron chi connectivity index (χ4n) is 2.18. The summed E-state index contributed by atoms with van der Waals surface area (Å²) in [4.78, 5) is 23.6. The maximum Gasteiger partial charge on any atom is 0.326 e. The molecule has 0 bridgehead atoms. The van der Waals surface area contributed by atoms with Crippen molar-refractivity contribution in [3.05, 3.63) is 23.8 Å². The first-order chi connectivity index (χ1) is 11.7. The third-order valence-electron chi connectivity index (χ3n) is 3.41. The summed E-state index contributed by atoms with van der Waals surface area (Å²) in [6, 6.07) is 4.11. The largest absolute Gasteiger partial charge is 0.497 e. The van der Waals surface area contributed by atoms with Crippen molar-refractivity contribution in [3.63, 3.8) is 0 Å². The van der Waals surface area contributed by atoms with E-state index >= 15 is 0 Å². The van der Waals surface area contributed by atoms with Crippen LogP contribution >= 0.6 is 0 Å². The summed E-state index contributed by atoms with van der Waals surface area (Å²) in [5, 5.41) is 11.8. The van der Waals surface area contributed by atoms with E-state index in [0.717, 1.165) is 0 Å². The first kappa shape index (κ1) is 20.8. The van der Waals surface area contributed by atoms with E-state index in [2.05, 4.69) is 5.32 Å². The number of benzene rings is 1. The van der Waals surface area contributed by atoms with Crippen molar-refractivity contribution in [2.24, 2.45) is 0 Å². The molecule has 140 valence electrons. The highest BCUT2D eigenvalue weighted by Gasteiger charge is 2.22. The fourth-order valence-corrected chi connectivity index (χ4v) is 2.18. The highest BCUT2D eigenvalue weighted by Crippen LogP contribution is 2.24. The highest BCUT2D eigenvalue weighted by atomic mass is 16.5. The van der Waals surface area contributed by atoms with Gasteiger partial charge in [0.1, 0.15) is 17.5 Å². The van der Waals surface area contributed by atoms with E-state index in [9.17, 15) is 14.7 Å². The lowest BCUT2D eigenvalue weighted by Crippen LogP contribution is -2.42. The Morgan fingerprint density at radius 2 is 1.88 bits per heavy atom. The molecular formula is C18H27NO6. The monoisotopic (exact) mass is 353 g/mol. The summed E-state index contributed by atoms with van der Waals surface area (Å²) in [5.74, 6) is -0.367. The number of carboxylic acid groups (broad SMARTS) is 1. The number of nitrogens with one attached hydrogen (secondary N) is 1. The molecule has 1 aromatic rings. The van der Waals surface area contributed by atoms with Gasteiger partial charge in [-0.2, -0.15) is 0 Å². The molecule has 7 heteroatoms. The Bertz CT molecular complexity index is 594. The van der Waals surface area contributed by atoms with Crippen LogP contribution in [0.5, 0.6) is 11.5 Å². The van der Waals surface area contributed by atoms with Crippen molar-refractivity contribution in [2.75, 3.05) is 20.8 Å². The molecule has 0 aliphatic carbocycles. The molecule has 0 fully saturated rings. The van der Waals surface area contributed by atoms with E-state index in [1.807, 2.05) is 20.8 Å². The summed E-state index contributed by atoms with van der Waals surface area (Å²) in [6.45, 7) is 5.90. The lowest BCUT2D eigenvalue weighted by molar-refractivity contribution is -0.142. The third kappa shape index (κ3) is 7.43. The van der Waals surface area contributed by atoms with Gasteiger partial charge in [0.25, 0.3) is 0 Å². The van der Waals surface area contributed by atoms with Crippen LogP contribution in [0.4, 0.5) is 0 Å². The molecule has 0 spiro atoms. The van der Waals surface area contributed by atoms with Crippen LogP contribution in [0.1, 0.15) is 32.8 Å². The fraction of sp³-hybridized carbons (Fsp3) is 0.556. The first-order valence-corrected chi connectivity index (χ1v) is 8.03. The Labute approximate surface area is 148 Å². The van der Waals surface area contributed by atoms with Gasteiger partial charge in [-0.1, -0.05) is 0 Å². The highest BCUT2D eigenvalue weighted by molar-refractivity contribution is 5.85. The number of amides is 1. The van der Waals surface area contributed by atoms with Crippen LogP contribution in [0.2, 0.25) is 0 Å². The number of aliphatic carboxylic acids is 1. The van der Waals surface area contributed by atoms with Gasteiger partial charge in [0.15, 0.2) is 0 Å². The second-order valence-corrected chi connectivity index (χ2v) is 6.56. The Hall–Kier alpha value is -2.28. The van der Waals surface area contributed by atoms with Gasteiger partial charge in [-0.05, 0) is 39.0 Å². The van der Waals surface area contributed by atoms with Crippen molar-refractivity contribution >= 4 is 11.9 Å². The second-order valence-electron chi connectivity index (χ2n) is 6.56. The predicted octanol–water partition coefficient (Wildman–Crippen LogP) is 2.02. The maximum atomic E-state index is 12.2. The summed E-state index contributed by atoms with van der Waals surface area (Å²) in [7, 11) is 3.04. The number of hydrogen-bond donors (Lipinski definition) is 2. The van der Waals surface area contributed by atoms with Gasteiger partial charge in [-0.15, -0.1) is 0 Å². The Balaban J connectivity index is 2.70. The molecule has 0 aliphatic heterocycles. The molecule has 2 N–H and O–H groups in total. The predicted molar refractivity (Wildman–Crippen MR) is 93.1 cm³/mol. The smallest absolute Gasteiger partial charge is 0.326 e. The Morgan fingerprint density at radius 3 is 2.40 bits per heavy atom. The maximum absolute atomic E-state index is 12.2. The van der Waals surface area contributed by atoms with Crippen molar-refractivity contribution in [1.29, 1.82) is 0 Å². The zero-order chi connectivity index (χ0) is 19.0. The number of carbonyl (C=O) groups excluding carboxylic acids is 1. The minimum Gasteiger partial charge on any atom is -0.497 e. The molecule has 0 saturated heterocycles. The Kier molecular flexibility index (Phi) is 7.70. The average Bonchev–Trinajstić information content (AvgIpc) is 2.52. The van der Waals surface area contributed by atoms with Crippen LogP contribution < -0.4 is 14.8 Å². The SMILES string of the molecule is COc1ccc(OC)c(CC(=O)NC(CCOC(C)(C)C)C(=O)O)c1. The molecule has 1 atom stereocenters. The number of rotatable bonds is 9. The second kappa shape index (κ2) is 9.27. The molecule has 0 aliphatic rings. The van der Waals surface area contributed by atoms with E-state index in [1.165, 1.54) is 14.2 Å². The quantitative estimate of drug-likeness (QED) is 0.705. The molecule has 1 unspecified atom stereocenters. The number of ether oxygens (including phenoxy) is 3. The molecule has 0 heterocycles. The first-order valence-electron chi connectivity index (χ1n) is 8.03. The van der Waals surface area contributed by atoms with Crippen LogP contribution in [0.15, 0.2) is 18.2 Å². The van der Waals surface area contributed by atoms with E-state index in [4.69, 9.17) is 14.2 Å². The lowest BCUT2D eigenvalue weighted by Gasteiger charge is -2.21. The van der Waals surface area contributed by atoms with Crippen molar-refractivity contribution in [2.45, 2.75) is 45.3 Å².